The first-order valence-corrected chi connectivity index (χ1v) is 10.8. The third kappa shape index (κ3) is 5.06. The van der Waals surface area contributed by atoms with Crippen LogP contribution in [0, 0.1) is 0 Å². The topological polar surface area (TPSA) is 89.4 Å². The molecule has 0 radical (unpaired) electrons. The summed E-state index contributed by atoms with van der Waals surface area (Å²) < 4.78 is 38.0. The molecule has 1 amide bonds. The van der Waals surface area contributed by atoms with E-state index in [1.54, 1.807) is 12.1 Å². The van der Waals surface area contributed by atoms with E-state index >= 15 is 0 Å². The number of nitrogens with zero attached hydrogens (tertiary/aromatic N) is 1. The second kappa shape index (κ2) is 9.25. The molecule has 8 nitrogen and oxygen atoms in total. The van der Waals surface area contributed by atoms with Crippen LogP contribution in [0.1, 0.15) is 0 Å². The minimum Gasteiger partial charge on any atom is -0.497 e. The number of carbonyl (C=O) groups excluding carboxylic acids is 1. The van der Waals surface area contributed by atoms with Crippen LogP contribution in [0.2, 0.25) is 0 Å². The van der Waals surface area contributed by atoms with E-state index in [-0.39, 0.29) is 16.6 Å². The molecule has 1 heterocycles. The van der Waals surface area contributed by atoms with Crippen molar-refractivity contribution in [2.75, 3.05) is 52.3 Å². The van der Waals surface area contributed by atoms with Crippen molar-refractivity contribution < 1.29 is 27.6 Å². The molecule has 1 aliphatic rings. The number of sulfonamides is 1. The molecule has 29 heavy (non-hydrogen) atoms. The molecule has 2 N–H and O–H groups in total. The number of piperazine rings is 1. The summed E-state index contributed by atoms with van der Waals surface area (Å²) in [4.78, 5) is 13.4. The van der Waals surface area contributed by atoms with Gasteiger partial charge in [-0.25, -0.2) is 8.42 Å². The monoisotopic (exact) mass is 420 g/mol. The van der Waals surface area contributed by atoms with E-state index in [2.05, 4.69) is 5.32 Å². The molecule has 0 bridgehead atoms. The Morgan fingerprint density at radius 3 is 2.38 bits per heavy atom. The number of benzene rings is 2. The quantitative estimate of drug-likeness (QED) is 0.670. The Balaban J connectivity index is 1.62. The fourth-order valence-corrected chi connectivity index (χ4v) is 4.91. The number of nitrogens with one attached hydrogen (secondary N) is 2. The second-order valence-corrected chi connectivity index (χ2v) is 8.67. The Hall–Kier alpha value is -2.62. The van der Waals surface area contributed by atoms with Gasteiger partial charge in [0.25, 0.3) is 5.91 Å². The lowest BCUT2D eigenvalue weighted by atomic mass is 10.3. The van der Waals surface area contributed by atoms with Crippen molar-refractivity contribution in [3.8, 4) is 11.5 Å². The van der Waals surface area contributed by atoms with Gasteiger partial charge in [-0.1, -0.05) is 18.2 Å². The fourth-order valence-electron chi connectivity index (χ4n) is 3.30. The first kappa shape index (κ1) is 21.1. The highest BCUT2D eigenvalue weighted by Crippen LogP contribution is 2.30. The zero-order chi connectivity index (χ0) is 20.9. The molecule has 0 aromatic heterocycles. The lowest BCUT2D eigenvalue weighted by molar-refractivity contribution is -0.895. The van der Waals surface area contributed by atoms with Crippen LogP contribution in [-0.4, -0.2) is 65.6 Å². The average molecular weight is 421 g/mol. The minimum atomic E-state index is -3.72. The zero-order valence-electron chi connectivity index (χ0n) is 16.6. The summed E-state index contributed by atoms with van der Waals surface area (Å²) in [6.07, 6.45) is 0. The maximum atomic E-state index is 13.1. The van der Waals surface area contributed by atoms with E-state index in [1.807, 2.05) is 30.3 Å². The van der Waals surface area contributed by atoms with Crippen LogP contribution in [0.3, 0.4) is 0 Å². The lowest BCUT2D eigenvalue weighted by Crippen LogP contribution is -3.15. The van der Waals surface area contributed by atoms with Crippen LogP contribution >= 0.6 is 0 Å². The van der Waals surface area contributed by atoms with Crippen LogP contribution in [0.25, 0.3) is 0 Å². The van der Waals surface area contributed by atoms with E-state index in [0.29, 0.717) is 38.5 Å². The summed E-state index contributed by atoms with van der Waals surface area (Å²) >= 11 is 0. The Bertz CT molecular complexity index is 942. The fraction of sp³-hybridized carbons (Fsp3) is 0.350. The van der Waals surface area contributed by atoms with Crippen molar-refractivity contribution in [3.63, 3.8) is 0 Å². The first-order chi connectivity index (χ1) is 13.9. The number of hydrogen-bond acceptors (Lipinski definition) is 5. The van der Waals surface area contributed by atoms with Crippen LogP contribution in [0.15, 0.2) is 53.4 Å². The largest absolute Gasteiger partial charge is 0.497 e. The maximum Gasteiger partial charge on any atom is 0.279 e. The van der Waals surface area contributed by atoms with Crippen LogP contribution in [-0.2, 0) is 14.8 Å². The van der Waals surface area contributed by atoms with E-state index in [4.69, 9.17) is 9.47 Å². The van der Waals surface area contributed by atoms with Crippen molar-refractivity contribution in [3.05, 3.63) is 48.5 Å². The number of ether oxygens (including phenoxy) is 2. The molecule has 0 atom stereocenters. The number of carbonyl (C=O) groups is 1. The van der Waals surface area contributed by atoms with Gasteiger partial charge in [0.2, 0.25) is 10.0 Å². The van der Waals surface area contributed by atoms with Crippen LogP contribution < -0.4 is 19.7 Å². The van der Waals surface area contributed by atoms with E-state index in [0.717, 1.165) is 10.6 Å². The van der Waals surface area contributed by atoms with Crippen molar-refractivity contribution in [1.29, 1.82) is 0 Å². The zero-order valence-corrected chi connectivity index (χ0v) is 17.4. The third-order valence-corrected chi connectivity index (χ3v) is 6.81. The van der Waals surface area contributed by atoms with Gasteiger partial charge < -0.3 is 19.7 Å². The molecular formula is C20H26N3O5S+. The van der Waals surface area contributed by atoms with Crippen LogP contribution in [0.5, 0.6) is 11.5 Å². The molecule has 0 saturated carbocycles. The molecule has 2 aromatic carbocycles. The van der Waals surface area contributed by atoms with Crippen molar-refractivity contribution in [2.45, 2.75) is 4.90 Å². The van der Waals surface area contributed by atoms with E-state index < -0.39 is 10.0 Å². The SMILES string of the molecule is COc1ccc(OC)c(S(=O)(=O)N2CC[NH+](CC(=O)Nc3ccccc3)CC2)c1. The van der Waals surface area contributed by atoms with Gasteiger partial charge >= 0.3 is 0 Å². The number of rotatable bonds is 7. The number of methoxy groups -OCH3 is 2. The molecule has 1 saturated heterocycles. The molecule has 0 unspecified atom stereocenters. The van der Waals surface area contributed by atoms with Gasteiger partial charge in [-0.3, -0.25) is 4.79 Å². The van der Waals surface area contributed by atoms with Gasteiger partial charge in [-0.2, -0.15) is 4.31 Å². The maximum absolute atomic E-state index is 13.1. The highest BCUT2D eigenvalue weighted by atomic mass is 32.2. The van der Waals surface area contributed by atoms with Gasteiger partial charge in [0.05, 0.1) is 40.4 Å². The summed E-state index contributed by atoms with van der Waals surface area (Å²) in [6, 6.07) is 14.0. The smallest absolute Gasteiger partial charge is 0.279 e. The molecule has 156 valence electrons. The Morgan fingerprint density at radius 1 is 1.07 bits per heavy atom. The van der Waals surface area contributed by atoms with Crippen molar-refractivity contribution in [1.82, 2.24) is 4.31 Å². The van der Waals surface area contributed by atoms with Crippen molar-refractivity contribution in [2.24, 2.45) is 0 Å². The summed E-state index contributed by atoms with van der Waals surface area (Å²) in [5.74, 6) is 0.644. The average Bonchev–Trinajstić information content (AvgIpc) is 2.74. The van der Waals surface area contributed by atoms with E-state index in [9.17, 15) is 13.2 Å². The molecular weight excluding hydrogens is 394 g/mol. The molecule has 2 aromatic rings. The van der Waals surface area contributed by atoms with Gasteiger partial charge in [0.1, 0.15) is 16.4 Å². The molecule has 1 fully saturated rings. The Kier molecular flexibility index (Phi) is 6.73. The summed E-state index contributed by atoms with van der Waals surface area (Å²) in [5.41, 5.74) is 0.753. The Labute approximate surface area is 171 Å². The normalized spacial score (nSPS) is 15.7. The second-order valence-electron chi connectivity index (χ2n) is 6.76. The molecule has 3 rings (SSSR count). The predicted molar refractivity (Wildman–Crippen MR) is 109 cm³/mol. The number of anilines is 1. The number of quaternary nitrogens is 1. The summed E-state index contributed by atoms with van der Waals surface area (Å²) in [7, 11) is -0.798. The van der Waals surface area contributed by atoms with Gasteiger partial charge in [0.15, 0.2) is 6.54 Å². The van der Waals surface area contributed by atoms with Crippen LogP contribution in [0.4, 0.5) is 5.69 Å². The number of para-hydroxylation sites is 1. The molecule has 1 aliphatic heterocycles. The number of hydrogen-bond donors (Lipinski definition) is 2. The Morgan fingerprint density at radius 2 is 1.76 bits per heavy atom. The van der Waals surface area contributed by atoms with Gasteiger partial charge in [0, 0.05) is 11.8 Å². The van der Waals surface area contributed by atoms with Gasteiger partial charge in [-0.15, -0.1) is 0 Å². The van der Waals surface area contributed by atoms with Gasteiger partial charge in [-0.05, 0) is 24.3 Å². The molecule has 0 aliphatic carbocycles. The third-order valence-electron chi connectivity index (χ3n) is 4.89. The number of amides is 1. The lowest BCUT2D eigenvalue weighted by Gasteiger charge is -2.31. The highest BCUT2D eigenvalue weighted by molar-refractivity contribution is 7.89. The highest BCUT2D eigenvalue weighted by Gasteiger charge is 2.33. The summed E-state index contributed by atoms with van der Waals surface area (Å²) in [6.45, 7) is 2.06. The predicted octanol–water partition coefficient (Wildman–Crippen LogP) is 0.232. The van der Waals surface area contributed by atoms with E-state index in [1.165, 1.54) is 24.6 Å². The standard InChI is InChI=1S/C20H25N3O5S/c1-27-17-8-9-18(28-2)19(14-17)29(25,26)23-12-10-22(11-13-23)15-20(24)21-16-6-4-3-5-7-16/h3-9,14H,10-13,15H2,1-2H3,(H,21,24)/p+1. The minimum absolute atomic E-state index is 0.0861. The molecule has 0 spiro atoms. The first-order valence-electron chi connectivity index (χ1n) is 9.34. The van der Waals surface area contributed by atoms with Crippen molar-refractivity contribution >= 4 is 21.6 Å². The molecule has 9 heteroatoms. The summed E-state index contributed by atoms with van der Waals surface area (Å²) in [5, 5.41) is 2.86.